The minimum absolute atomic E-state index is 0.000283. The molecular weight excluding hydrogens is 422 g/mol. The van der Waals surface area contributed by atoms with Crippen LogP contribution < -0.4 is 21.9 Å². The van der Waals surface area contributed by atoms with Crippen molar-refractivity contribution in [2.45, 2.75) is 44.1 Å². The van der Waals surface area contributed by atoms with E-state index in [2.05, 4.69) is 49.8 Å². The number of amides is 1. The van der Waals surface area contributed by atoms with Crippen molar-refractivity contribution in [3.63, 3.8) is 0 Å². The molecule has 2 fully saturated rings. The molecule has 178 valence electrons. The molecule has 1 saturated heterocycles. The summed E-state index contributed by atoms with van der Waals surface area (Å²) in [6, 6.07) is 10.5. The molecule has 9 heteroatoms. The summed E-state index contributed by atoms with van der Waals surface area (Å²) < 4.78 is 5.35. The molecule has 1 aliphatic heterocycles. The monoisotopic (exact) mass is 455 g/mol. The zero-order chi connectivity index (χ0) is 23.0. The second kappa shape index (κ2) is 11.3. The van der Waals surface area contributed by atoms with Gasteiger partial charge in [-0.1, -0.05) is 30.3 Å². The van der Waals surface area contributed by atoms with E-state index in [-0.39, 0.29) is 17.4 Å². The molecule has 1 amide bonds. The molecule has 4 rings (SSSR count). The fourth-order valence-electron chi connectivity index (χ4n) is 4.72. The number of H-pyrrole nitrogens is 2. The smallest absolute Gasteiger partial charge is 0.326 e. The zero-order valence-corrected chi connectivity index (χ0v) is 18.9. The molecule has 0 unspecified atom stereocenters. The van der Waals surface area contributed by atoms with Crippen molar-refractivity contribution in [2.24, 2.45) is 0 Å². The molecule has 1 saturated carbocycles. The average Bonchev–Trinajstić information content (AvgIpc) is 2.84. The van der Waals surface area contributed by atoms with Gasteiger partial charge in [-0.15, -0.1) is 0 Å². The lowest BCUT2D eigenvalue weighted by Gasteiger charge is -2.29. The van der Waals surface area contributed by atoms with Gasteiger partial charge >= 0.3 is 5.69 Å². The molecule has 1 aromatic heterocycles. The number of carbonyl (C=O) groups excluding carboxylic acids is 1. The van der Waals surface area contributed by atoms with E-state index in [1.165, 1.54) is 5.56 Å². The number of benzene rings is 1. The Bertz CT molecular complexity index is 1020. The highest BCUT2D eigenvalue weighted by Crippen LogP contribution is 2.32. The minimum atomic E-state index is -0.684. The molecule has 0 spiro atoms. The standard InChI is InChI=1S/C24H33N5O4/c30-22-20(25-11-4-12-29-13-15-33-16-14-29)21(27-24(32)28-22)23(31)26-19-9-7-18(8-10-19)17-5-2-1-3-6-17/h1-3,5-6,18-19,25H,4,7-16H2,(H,26,31)(H2,27,28,30,32)/t18-,19+. The van der Waals surface area contributed by atoms with Gasteiger partial charge in [-0.2, -0.15) is 0 Å². The Kier molecular flexibility index (Phi) is 7.96. The van der Waals surface area contributed by atoms with E-state index >= 15 is 0 Å². The van der Waals surface area contributed by atoms with Crippen molar-refractivity contribution in [1.82, 2.24) is 20.2 Å². The number of aromatic amines is 2. The summed E-state index contributed by atoms with van der Waals surface area (Å²) in [4.78, 5) is 44.3. The Hall–Kier alpha value is -2.91. The number of rotatable bonds is 8. The molecule has 33 heavy (non-hydrogen) atoms. The fourth-order valence-corrected chi connectivity index (χ4v) is 4.72. The second-order valence-corrected chi connectivity index (χ2v) is 8.83. The van der Waals surface area contributed by atoms with Crippen LogP contribution in [0.2, 0.25) is 0 Å². The first-order chi connectivity index (χ1) is 16.1. The Morgan fingerprint density at radius 3 is 2.48 bits per heavy atom. The molecule has 4 N–H and O–H groups in total. The van der Waals surface area contributed by atoms with Gasteiger partial charge in [0, 0.05) is 25.7 Å². The summed E-state index contributed by atoms with van der Waals surface area (Å²) in [5, 5.41) is 6.08. The number of hydrogen-bond acceptors (Lipinski definition) is 6. The Morgan fingerprint density at radius 2 is 1.76 bits per heavy atom. The molecule has 2 heterocycles. The molecular formula is C24H33N5O4. The van der Waals surface area contributed by atoms with Crippen molar-refractivity contribution < 1.29 is 9.53 Å². The van der Waals surface area contributed by atoms with Gasteiger partial charge < -0.3 is 20.4 Å². The molecule has 2 aliphatic rings. The third-order valence-electron chi connectivity index (χ3n) is 6.56. The van der Waals surface area contributed by atoms with Crippen molar-refractivity contribution in [3.8, 4) is 0 Å². The third-order valence-corrected chi connectivity index (χ3v) is 6.56. The highest BCUT2D eigenvalue weighted by Gasteiger charge is 2.25. The predicted octanol–water partition coefficient (Wildman–Crippen LogP) is 1.65. The molecule has 0 atom stereocenters. The Balaban J connectivity index is 1.33. The highest BCUT2D eigenvalue weighted by atomic mass is 16.5. The van der Waals surface area contributed by atoms with Crippen LogP contribution >= 0.6 is 0 Å². The van der Waals surface area contributed by atoms with Crippen molar-refractivity contribution in [3.05, 3.63) is 62.4 Å². The summed E-state index contributed by atoms with van der Waals surface area (Å²) in [6.07, 6.45) is 4.52. The summed E-state index contributed by atoms with van der Waals surface area (Å²) in [5.74, 6) is 0.0828. The summed E-state index contributed by atoms with van der Waals surface area (Å²) >= 11 is 0. The number of ether oxygens (including phenoxy) is 1. The van der Waals surface area contributed by atoms with Crippen molar-refractivity contribution in [2.75, 3.05) is 44.7 Å². The minimum Gasteiger partial charge on any atom is -0.379 e. The second-order valence-electron chi connectivity index (χ2n) is 8.83. The van der Waals surface area contributed by atoms with Gasteiger partial charge in [0.05, 0.1) is 13.2 Å². The van der Waals surface area contributed by atoms with E-state index in [9.17, 15) is 14.4 Å². The molecule has 9 nitrogen and oxygen atoms in total. The lowest BCUT2D eigenvalue weighted by atomic mass is 9.82. The third kappa shape index (κ3) is 6.33. The van der Waals surface area contributed by atoms with Crippen LogP contribution in [0.15, 0.2) is 39.9 Å². The normalized spacial score (nSPS) is 21.5. The van der Waals surface area contributed by atoms with E-state index < -0.39 is 17.2 Å². The predicted molar refractivity (Wildman–Crippen MR) is 127 cm³/mol. The topological polar surface area (TPSA) is 119 Å². The van der Waals surface area contributed by atoms with Crippen LogP contribution in [0.25, 0.3) is 0 Å². The highest BCUT2D eigenvalue weighted by molar-refractivity contribution is 5.97. The fraction of sp³-hybridized carbons (Fsp3) is 0.542. The van der Waals surface area contributed by atoms with Gasteiger partial charge in [-0.25, -0.2) is 4.79 Å². The maximum Gasteiger partial charge on any atom is 0.326 e. The Labute approximate surface area is 192 Å². The van der Waals surface area contributed by atoms with Gasteiger partial charge in [0.25, 0.3) is 11.5 Å². The number of morpholine rings is 1. The maximum atomic E-state index is 13.0. The summed E-state index contributed by atoms with van der Waals surface area (Å²) in [6.45, 7) is 4.69. The molecule has 1 aromatic carbocycles. The van der Waals surface area contributed by atoms with Crippen LogP contribution in [0.1, 0.15) is 54.1 Å². The largest absolute Gasteiger partial charge is 0.379 e. The van der Waals surface area contributed by atoms with Gasteiger partial charge in [-0.05, 0) is 50.1 Å². The van der Waals surface area contributed by atoms with Crippen LogP contribution in [-0.2, 0) is 4.74 Å². The van der Waals surface area contributed by atoms with E-state index in [1.807, 2.05) is 6.07 Å². The molecule has 0 radical (unpaired) electrons. The summed E-state index contributed by atoms with van der Waals surface area (Å²) in [7, 11) is 0. The van der Waals surface area contributed by atoms with Gasteiger partial charge in [0.15, 0.2) is 0 Å². The SMILES string of the molecule is O=C(N[C@H]1CC[C@@H](c2ccccc2)CC1)c1[nH]c(=O)[nH]c(=O)c1NCCCN1CCOCC1. The van der Waals surface area contributed by atoms with Gasteiger partial charge in [0.1, 0.15) is 11.4 Å². The Morgan fingerprint density at radius 1 is 1.03 bits per heavy atom. The number of anilines is 1. The molecule has 2 aromatic rings. The van der Waals surface area contributed by atoms with Crippen LogP contribution in [0, 0.1) is 0 Å². The molecule has 0 bridgehead atoms. The van der Waals surface area contributed by atoms with Crippen LogP contribution in [0.4, 0.5) is 5.69 Å². The number of carbonyl (C=O) groups is 1. The van der Waals surface area contributed by atoms with E-state index in [0.29, 0.717) is 12.5 Å². The molecule has 1 aliphatic carbocycles. The summed E-state index contributed by atoms with van der Waals surface area (Å²) in [5.41, 5.74) is 0.192. The first-order valence-electron chi connectivity index (χ1n) is 11.9. The van der Waals surface area contributed by atoms with E-state index in [1.54, 1.807) is 0 Å². The maximum absolute atomic E-state index is 13.0. The lowest BCUT2D eigenvalue weighted by molar-refractivity contribution is 0.0378. The van der Waals surface area contributed by atoms with Gasteiger partial charge in [-0.3, -0.25) is 19.5 Å². The van der Waals surface area contributed by atoms with Gasteiger partial charge in [0.2, 0.25) is 0 Å². The number of nitrogens with one attached hydrogen (secondary N) is 4. The first-order valence-corrected chi connectivity index (χ1v) is 11.9. The van der Waals surface area contributed by atoms with Crippen molar-refractivity contribution >= 4 is 11.6 Å². The number of nitrogens with zero attached hydrogens (tertiary/aromatic N) is 1. The van der Waals surface area contributed by atoms with Crippen LogP contribution in [0.3, 0.4) is 0 Å². The van der Waals surface area contributed by atoms with E-state index in [4.69, 9.17) is 4.74 Å². The van der Waals surface area contributed by atoms with Crippen LogP contribution in [-0.4, -0.2) is 66.2 Å². The average molecular weight is 456 g/mol. The lowest BCUT2D eigenvalue weighted by Crippen LogP contribution is -2.40. The first kappa shape index (κ1) is 23.3. The number of hydrogen-bond donors (Lipinski definition) is 4. The quantitative estimate of drug-likeness (QED) is 0.450. The van der Waals surface area contributed by atoms with Crippen LogP contribution in [0.5, 0.6) is 0 Å². The number of aromatic nitrogens is 2. The van der Waals surface area contributed by atoms with E-state index in [0.717, 1.165) is 65.0 Å². The zero-order valence-electron chi connectivity index (χ0n) is 18.9. The van der Waals surface area contributed by atoms with Crippen molar-refractivity contribution in [1.29, 1.82) is 0 Å².